The molecule has 5 heteroatoms. The number of hydrogen-bond donors (Lipinski definition) is 1. The van der Waals surface area contributed by atoms with Crippen LogP contribution in [0.3, 0.4) is 0 Å². The summed E-state index contributed by atoms with van der Waals surface area (Å²) < 4.78 is 0. The van der Waals surface area contributed by atoms with Gasteiger partial charge in [-0.1, -0.05) is 29.3 Å². The first-order valence-electron chi connectivity index (χ1n) is 3.90. The Balaban J connectivity index is 2.82. The van der Waals surface area contributed by atoms with Gasteiger partial charge in [0.1, 0.15) is 0 Å². The van der Waals surface area contributed by atoms with Crippen LogP contribution in [0.2, 0.25) is 10.0 Å². The molecule has 0 unspecified atom stereocenters. The van der Waals surface area contributed by atoms with Crippen LogP contribution < -0.4 is 0 Å². The lowest BCUT2D eigenvalue weighted by atomic mass is 10.1. The fourth-order valence-electron chi connectivity index (χ4n) is 0.942. The van der Waals surface area contributed by atoms with Gasteiger partial charge in [-0.25, -0.2) is 5.06 Å². The van der Waals surface area contributed by atoms with E-state index < -0.39 is 5.91 Å². The van der Waals surface area contributed by atoms with Crippen molar-refractivity contribution in [1.82, 2.24) is 5.06 Å². The Labute approximate surface area is 91.8 Å². The van der Waals surface area contributed by atoms with E-state index in [1.165, 1.54) is 7.05 Å². The number of hydroxylamine groups is 2. The van der Waals surface area contributed by atoms with Crippen LogP contribution in [0.4, 0.5) is 0 Å². The van der Waals surface area contributed by atoms with E-state index in [0.717, 1.165) is 0 Å². The predicted octanol–water partition coefficient (Wildman–Crippen LogP) is 2.38. The van der Waals surface area contributed by atoms with Crippen molar-refractivity contribution < 1.29 is 10.0 Å². The molecule has 1 aromatic carbocycles. The SMILES string of the molecule is CN(O)C(=O)Cc1ccc(Cl)cc1Cl. The van der Waals surface area contributed by atoms with Crippen molar-refractivity contribution in [2.45, 2.75) is 6.42 Å². The van der Waals surface area contributed by atoms with Crippen LogP contribution in [0.15, 0.2) is 18.2 Å². The molecule has 1 rings (SSSR count). The minimum Gasteiger partial charge on any atom is -0.286 e. The van der Waals surface area contributed by atoms with Gasteiger partial charge in [0, 0.05) is 17.1 Å². The monoisotopic (exact) mass is 233 g/mol. The summed E-state index contributed by atoms with van der Waals surface area (Å²) in [6, 6.07) is 4.86. The maximum absolute atomic E-state index is 11.1. The lowest BCUT2D eigenvalue weighted by Crippen LogP contribution is -2.24. The number of amides is 1. The Bertz CT molecular complexity index is 353. The number of carbonyl (C=O) groups is 1. The summed E-state index contributed by atoms with van der Waals surface area (Å²) in [4.78, 5) is 11.1. The molecule has 0 aliphatic carbocycles. The van der Waals surface area contributed by atoms with Gasteiger partial charge in [0.15, 0.2) is 0 Å². The Hall–Kier alpha value is -0.770. The van der Waals surface area contributed by atoms with Crippen LogP contribution >= 0.6 is 23.2 Å². The Morgan fingerprint density at radius 1 is 1.50 bits per heavy atom. The minimum atomic E-state index is -0.422. The van der Waals surface area contributed by atoms with Gasteiger partial charge >= 0.3 is 0 Å². The summed E-state index contributed by atoms with van der Waals surface area (Å²) in [5.41, 5.74) is 0.641. The van der Waals surface area contributed by atoms with Crippen molar-refractivity contribution >= 4 is 29.1 Å². The van der Waals surface area contributed by atoms with Gasteiger partial charge in [-0.05, 0) is 17.7 Å². The van der Waals surface area contributed by atoms with Crippen LogP contribution in [-0.2, 0) is 11.2 Å². The van der Waals surface area contributed by atoms with Gasteiger partial charge in [-0.2, -0.15) is 0 Å². The standard InChI is InChI=1S/C9H9Cl2NO2/c1-12(14)9(13)4-6-2-3-7(10)5-8(6)11/h2-3,5,14H,4H2,1H3. The summed E-state index contributed by atoms with van der Waals surface area (Å²) in [7, 11) is 1.27. The Kier molecular flexibility index (Phi) is 3.75. The normalized spacial score (nSPS) is 10.0. The number of halogens is 2. The number of carbonyl (C=O) groups excluding carboxylic acids is 1. The van der Waals surface area contributed by atoms with E-state index in [1.807, 2.05) is 0 Å². The number of rotatable bonds is 2. The summed E-state index contributed by atoms with van der Waals surface area (Å²) in [6.45, 7) is 0. The summed E-state index contributed by atoms with van der Waals surface area (Å²) >= 11 is 11.5. The van der Waals surface area contributed by atoms with Crippen molar-refractivity contribution in [3.05, 3.63) is 33.8 Å². The third-order valence-corrected chi connectivity index (χ3v) is 2.30. The van der Waals surface area contributed by atoms with E-state index in [4.69, 9.17) is 28.4 Å². The first kappa shape index (κ1) is 11.3. The van der Waals surface area contributed by atoms with Gasteiger partial charge in [0.2, 0.25) is 5.91 Å². The molecule has 0 radical (unpaired) electrons. The molecule has 0 aliphatic heterocycles. The van der Waals surface area contributed by atoms with Crippen molar-refractivity contribution in [2.75, 3.05) is 7.05 Å². The van der Waals surface area contributed by atoms with E-state index in [0.29, 0.717) is 20.7 Å². The van der Waals surface area contributed by atoms with E-state index in [-0.39, 0.29) is 6.42 Å². The highest BCUT2D eigenvalue weighted by Gasteiger charge is 2.09. The highest BCUT2D eigenvalue weighted by molar-refractivity contribution is 6.35. The molecule has 0 spiro atoms. The van der Waals surface area contributed by atoms with E-state index in [1.54, 1.807) is 18.2 Å². The molecule has 0 saturated carbocycles. The van der Waals surface area contributed by atoms with Crippen LogP contribution in [0.5, 0.6) is 0 Å². The number of benzene rings is 1. The third kappa shape index (κ3) is 2.87. The summed E-state index contributed by atoms with van der Waals surface area (Å²) in [5.74, 6) is -0.422. The predicted molar refractivity (Wildman–Crippen MR) is 54.7 cm³/mol. The molecule has 1 amide bonds. The smallest absolute Gasteiger partial charge is 0.250 e. The second-order valence-electron chi connectivity index (χ2n) is 2.83. The van der Waals surface area contributed by atoms with Crippen LogP contribution in [0, 0.1) is 0 Å². The molecule has 0 bridgehead atoms. The minimum absolute atomic E-state index is 0.0585. The number of likely N-dealkylation sites (N-methyl/N-ethyl adjacent to an activating group) is 1. The Morgan fingerprint density at radius 2 is 2.14 bits per heavy atom. The first-order valence-corrected chi connectivity index (χ1v) is 4.65. The second kappa shape index (κ2) is 4.64. The van der Waals surface area contributed by atoms with Crippen LogP contribution in [0.25, 0.3) is 0 Å². The molecule has 0 heterocycles. The molecule has 0 fully saturated rings. The van der Waals surface area contributed by atoms with Crippen LogP contribution in [-0.4, -0.2) is 23.2 Å². The van der Waals surface area contributed by atoms with Crippen molar-refractivity contribution in [3.8, 4) is 0 Å². The van der Waals surface area contributed by atoms with Gasteiger partial charge in [0.05, 0.1) is 6.42 Å². The molecule has 0 atom stereocenters. The topological polar surface area (TPSA) is 40.5 Å². The molecule has 76 valence electrons. The highest BCUT2D eigenvalue weighted by atomic mass is 35.5. The van der Waals surface area contributed by atoms with Crippen LogP contribution in [0.1, 0.15) is 5.56 Å². The zero-order valence-electron chi connectivity index (χ0n) is 7.50. The number of nitrogens with zero attached hydrogens (tertiary/aromatic N) is 1. The molecule has 1 N–H and O–H groups in total. The van der Waals surface area contributed by atoms with Crippen molar-refractivity contribution in [2.24, 2.45) is 0 Å². The maximum Gasteiger partial charge on any atom is 0.250 e. The lowest BCUT2D eigenvalue weighted by molar-refractivity contribution is -0.158. The van der Waals surface area contributed by atoms with Gasteiger partial charge < -0.3 is 0 Å². The highest BCUT2D eigenvalue weighted by Crippen LogP contribution is 2.21. The van der Waals surface area contributed by atoms with Gasteiger partial charge in [0.25, 0.3) is 0 Å². The largest absolute Gasteiger partial charge is 0.286 e. The van der Waals surface area contributed by atoms with E-state index in [2.05, 4.69) is 0 Å². The molecule has 14 heavy (non-hydrogen) atoms. The molecule has 0 aliphatic rings. The van der Waals surface area contributed by atoms with Crippen molar-refractivity contribution in [3.63, 3.8) is 0 Å². The first-order chi connectivity index (χ1) is 6.50. The molecule has 3 nitrogen and oxygen atoms in total. The van der Waals surface area contributed by atoms with E-state index in [9.17, 15) is 4.79 Å². The lowest BCUT2D eigenvalue weighted by Gasteiger charge is -2.09. The number of hydrogen-bond acceptors (Lipinski definition) is 2. The summed E-state index contributed by atoms with van der Waals surface area (Å²) in [5, 5.41) is 10.3. The molecule has 0 saturated heterocycles. The summed E-state index contributed by atoms with van der Waals surface area (Å²) in [6.07, 6.45) is 0.0585. The molecular weight excluding hydrogens is 225 g/mol. The zero-order chi connectivity index (χ0) is 10.7. The Morgan fingerprint density at radius 3 is 2.64 bits per heavy atom. The molecule has 1 aromatic rings. The van der Waals surface area contributed by atoms with Gasteiger partial charge in [-0.15, -0.1) is 0 Å². The fraction of sp³-hybridized carbons (Fsp3) is 0.222. The second-order valence-corrected chi connectivity index (χ2v) is 3.67. The third-order valence-electron chi connectivity index (χ3n) is 1.72. The zero-order valence-corrected chi connectivity index (χ0v) is 9.01. The average Bonchev–Trinajstić information content (AvgIpc) is 2.09. The van der Waals surface area contributed by atoms with E-state index >= 15 is 0 Å². The van der Waals surface area contributed by atoms with Gasteiger partial charge in [-0.3, -0.25) is 10.0 Å². The fourth-order valence-corrected chi connectivity index (χ4v) is 1.42. The van der Waals surface area contributed by atoms with Crippen molar-refractivity contribution in [1.29, 1.82) is 0 Å². The quantitative estimate of drug-likeness (QED) is 0.630. The maximum atomic E-state index is 11.1. The average molecular weight is 234 g/mol. The molecule has 0 aromatic heterocycles. The molecular formula is C9H9Cl2NO2.